The zero-order valence-corrected chi connectivity index (χ0v) is 9.71. The molecule has 3 fully saturated rings. The molecule has 86 valence electrons. The smallest absolute Gasteiger partial charge is 0.171 e. The molecule has 3 aliphatic rings. The van der Waals surface area contributed by atoms with Crippen molar-refractivity contribution in [1.29, 1.82) is 0 Å². The number of piperidine rings is 1. The summed E-state index contributed by atoms with van der Waals surface area (Å²) in [5.74, 6) is 0.265. The lowest BCUT2D eigenvalue weighted by Gasteiger charge is -2.40. The van der Waals surface area contributed by atoms with Crippen LogP contribution in [0.2, 0.25) is 0 Å². The first-order valence-corrected chi connectivity index (χ1v) is 6.47. The topological polar surface area (TPSA) is 21.7 Å². The number of rotatable bonds is 1. The molecule has 0 aliphatic carbocycles. The minimum atomic E-state index is -0.287. The standard InChI is InChI=1S/C11H18ClNO2/c12-7-10-8-14-11(15-10)3-5-13-4-1-2-9(13)6-11/h9-10H,1-8H2. The molecule has 0 bridgehead atoms. The van der Waals surface area contributed by atoms with Gasteiger partial charge >= 0.3 is 0 Å². The van der Waals surface area contributed by atoms with Gasteiger partial charge in [0.15, 0.2) is 5.79 Å². The fourth-order valence-electron chi connectivity index (χ4n) is 3.13. The van der Waals surface area contributed by atoms with Crippen LogP contribution < -0.4 is 0 Å². The van der Waals surface area contributed by atoms with E-state index in [2.05, 4.69) is 4.90 Å². The Kier molecular flexibility index (Phi) is 2.67. The first-order chi connectivity index (χ1) is 7.31. The van der Waals surface area contributed by atoms with E-state index in [4.69, 9.17) is 21.1 Å². The third-order valence-corrected chi connectivity index (χ3v) is 4.26. The van der Waals surface area contributed by atoms with E-state index >= 15 is 0 Å². The van der Waals surface area contributed by atoms with Crippen LogP contribution in [-0.4, -0.2) is 48.4 Å². The maximum Gasteiger partial charge on any atom is 0.171 e. The van der Waals surface area contributed by atoms with Gasteiger partial charge in [-0.1, -0.05) is 0 Å². The van der Waals surface area contributed by atoms with Gasteiger partial charge in [0.05, 0.1) is 18.6 Å². The minimum Gasteiger partial charge on any atom is -0.347 e. The monoisotopic (exact) mass is 231 g/mol. The molecule has 3 rings (SSSR count). The summed E-state index contributed by atoms with van der Waals surface area (Å²) < 4.78 is 11.8. The second kappa shape index (κ2) is 3.88. The van der Waals surface area contributed by atoms with E-state index in [1.54, 1.807) is 0 Å². The highest BCUT2D eigenvalue weighted by molar-refractivity contribution is 6.18. The van der Waals surface area contributed by atoms with Crippen molar-refractivity contribution < 1.29 is 9.47 Å². The molecule has 0 radical (unpaired) electrons. The van der Waals surface area contributed by atoms with E-state index in [0.717, 1.165) is 19.4 Å². The van der Waals surface area contributed by atoms with Crippen LogP contribution in [0.3, 0.4) is 0 Å². The van der Waals surface area contributed by atoms with E-state index in [9.17, 15) is 0 Å². The molecule has 0 saturated carbocycles. The molecule has 3 unspecified atom stereocenters. The summed E-state index contributed by atoms with van der Waals surface area (Å²) in [6.45, 7) is 3.07. The quantitative estimate of drug-likeness (QED) is 0.640. The van der Waals surface area contributed by atoms with E-state index in [0.29, 0.717) is 18.5 Å². The molecular formula is C11H18ClNO2. The molecule has 3 saturated heterocycles. The van der Waals surface area contributed by atoms with Crippen molar-refractivity contribution in [2.75, 3.05) is 25.6 Å². The summed E-state index contributed by atoms with van der Waals surface area (Å²) in [6, 6.07) is 0.688. The number of alkyl halides is 1. The number of hydrogen-bond donors (Lipinski definition) is 0. The Labute approximate surface area is 95.7 Å². The molecule has 0 aromatic rings. The Morgan fingerprint density at radius 3 is 3.13 bits per heavy atom. The maximum atomic E-state index is 5.97. The summed E-state index contributed by atoms with van der Waals surface area (Å²) in [4.78, 5) is 2.58. The highest BCUT2D eigenvalue weighted by Crippen LogP contribution is 2.40. The van der Waals surface area contributed by atoms with E-state index < -0.39 is 0 Å². The lowest BCUT2D eigenvalue weighted by Crippen LogP contribution is -2.48. The van der Waals surface area contributed by atoms with Crippen molar-refractivity contribution in [3.63, 3.8) is 0 Å². The van der Waals surface area contributed by atoms with E-state index in [1.165, 1.54) is 19.4 Å². The van der Waals surface area contributed by atoms with Crippen LogP contribution in [0.1, 0.15) is 25.7 Å². The Morgan fingerprint density at radius 1 is 1.40 bits per heavy atom. The summed E-state index contributed by atoms with van der Waals surface area (Å²) in [6.07, 6.45) is 4.80. The second-order valence-corrected chi connectivity index (χ2v) is 5.21. The third-order valence-electron chi connectivity index (χ3n) is 3.91. The number of hydrogen-bond acceptors (Lipinski definition) is 3. The van der Waals surface area contributed by atoms with Gasteiger partial charge in [-0.3, -0.25) is 4.90 Å². The molecule has 3 atom stereocenters. The summed E-state index contributed by atoms with van der Waals surface area (Å²) in [5, 5.41) is 0. The molecular weight excluding hydrogens is 214 g/mol. The second-order valence-electron chi connectivity index (χ2n) is 4.90. The van der Waals surface area contributed by atoms with Crippen LogP contribution in [0, 0.1) is 0 Å². The van der Waals surface area contributed by atoms with Crippen molar-refractivity contribution >= 4 is 11.6 Å². The first kappa shape index (κ1) is 10.3. The maximum absolute atomic E-state index is 5.97. The highest BCUT2D eigenvalue weighted by Gasteiger charge is 2.47. The van der Waals surface area contributed by atoms with Crippen LogP contribution in [0.25, 0.3) is 0 Å². The van der Waals surface area contributed by atoms with Crippen molar-refractivity contribution in [3.8, 4) is 0 Å². The number of ether oxygens (including phenoxy) is 2. The molecule has 3 nitrogen and oxygen atoms in total. The highest BCUT2D eigenvalue weighted by atomic mass is 35.5. The Balaban J connectivity index is 1.68. The Hall–Kier alpha value is 0.170. The molecule has 3 heterocycles. The van der Waals surface area contributed by atoms with E-state index in [-0.39, 0.29) is 11.9 Å². The van der Waals surface area contributed by atoms with Gasteiger partial charge in [-0.25, -0.2) is 0 Å². The van der Waals surface area contributed by atoms with Gasteiger partial charge in [-0.15, -0.1) is 11.6 Å². The van der Waals surface area contributed by atoms with Crippen LogP contribution in [0.15, 0.2) is 0 Å². The van der Waals surface area contributed by atoms with Crippen molar-refractivity contribution in [1.82, 2.24) is 4.90 Å². The number of halogens is 1. The van der Waals surface area contributed by atoms with Gasteiger partial charge in [-0.2, -0.15) is 0 Å². The largest absolute Gasteiger partial charge is 0.347 e. The third kappa shape index (κ3) is 1.80. The van der Waals surface area contributed by atoms with Gasteiger partial charge in [0.25, 0.3) is 0 Å². The minimum absolute atomic E-state index is 0.111. The average molecular weight is 232 g/mol. The molecule has 3 aliphatic heterocycles. The van der Waals surface area contributed by atoms with Crippen LogP contribution in [0.4, 0.5) is 0 Å². The first-order valence-electron chi connectivity index (χ1n) is 5.93. The van der Waals surface area contributed by atoms with Gasteiger partial charge in [-0.05, 0) is 19.4 Å². The predicted octanol–water partition coefficient (Wildman–Crippen LogP) is 1.60. The van der Waals surface area contributed by atoms with Crippen LogP contribution in [0.5, 0.6) is 0 Å². The van der Waals surface area contributed by atoms with Crippen LogP contribution in [-0.2, 0) is 9.47 Å². The van der Waals surface area contributed by atoms with Gasteiger partial charge in [0.2, 0.25) is 0 Å². The number of fused-ring (bicyclic) bond motifs is 1. The number of nitrogens with zero attached hydrogens (tertiary/aromatic N) is 1. The normalized spacial score (nSPS) is 46.2. The van der Waals surface area contributed by atoms with E-state index in [1.807, 2.05) is 0 Å². The molecule has 0 N–H and O–H groups in total. The van der Waals surface area contributed by atoms with Crippen molar-refractivity contribution in [3.05, 3.63) is 0 Å². The summed E-state index contributed by atoms with van der Waals surface area (Å²) >= 11 is 5.81. The van der Waals surface area contributed by atoms with Crippen LogP contribution >= 0.6 is 11.6 Å². The zero-order chi connectivity index (χ0) is 10.3. The van der Waals surface area contributed by atoms with Crippen molar-refractivity contribution in [2.24, 2.45) is 0 Å². The average Bonchev–Trinajstić information content (AvgIpc) is 2.85. The molecule has 0 aromatic carbocycles. The zero-order valence-electron chi connectivity index (χ0n) is 8.95. The predicted molar refractivity (Wildman–Crippen MR) is 58.1 cm³/mol. The molecule has 15 heavy (non-hydrogen) atoms. The fraction of sp³-hybridized carbons (Fsp3) is 1.00. The summed E-state index contributed by atoms with van der Waals surface area (Å²) in [7, 11) is 0. The fourth-order valence-corrected chi connectivity index (χ4v) is 3.28. The van der Waals surface area contributed by atoms with Gasteiger partial charge < -0.3 is 9.47 Å². The summed E-state index contributed by atoms with van der Waals surface area (Å²) in [5.41, 5.74) is 0. The molecule has 0 amide bonds. The molecule has 1 spiro atoms. The SMILES string of the molecule is ClCC1COC2(CCN3CCCC3C2)O1. The Morgan fingerprint density at radius 2 is 2.33 bits per heavy atom. The lowest BCUT2D eigenvalue weighted by atomic mass is 9.96. The lowest BCUT2D eigenvalue weighted by molar-refractivity contribution is -0.200. The van der Waals surface area contributed by atoms with Crippen molar-refractivity contribution in [2.45, 2.75) is 43.6 Å². The van der Waals surface area contributed by atoms with Gasteiger partial charge in [0.1, 0.15) is 0 Å². The Bertz CT molecular complexity index is 251. The molecule has 0 aromatic heterocycles. The molecule has 4 heteroatoms. The van der Waals surface area contributed by atoms with Gasteiger partial charge in [0, 0.05) is 25.4 Å².